The molecule has 2 aromatic rings. The van der Waals surface area contributed by atoms with Crippen LogP contribution in [0, 0.1) is 0 Å². The zero-order valence-corrected chi connectivity index (χ0v) is 12.5. The summed E-state index contributed by atoms with van der Waals surface area (Å²) in [5.74, 6) is 0. The van der Waals surface area contributed by atoms with Crippen molar-refractivity contribution < 1.29 is 28.5 Å². The fourth-order valence-electron chi connectivity index (χ4n) is 1.75. The molecule has 0 aliphatic heterocycles. The molecular weight excluding hydrogens is 323 g/mol. The van der Waals surface area contributed by atoms with E-state index < -0.39 is 0 Å². The molecular formula is C14H17IN2. The molecule has 3 heteroatoms. The van der Waals surface area contributed by atoms with Gasteiger partial charge in [-0.3, -0.25) is 0 Å². The fourth-order valence-corrected chi connectivity index (χ4v) is 1.75. The number of halogens is 1. The van der Waals surface area contributed by atoms with Crippen LogP contribution < -0.4 is 33.4 Å². The number of aromatic nitrogens is 1. The summed E-state index contributed by atoms with van der Waals surface area (Å²) < 4.78 is 2.13. The Morgan fingerprint density at radius 3 is 2.12 bits per heavy atom. The van der Waals surface area contributed by atoms with Crippen molar-refractivity contribution in [1.29, 1.82) is 0 Å². The van der Waals surface area contributed by atoms with Crippen LogP contribution in [0.3, 0.4) is 0 Å². The lowest BCUT2D eigenvalue weighted by Gasteiger charge is -2.12. The predicted octanol–water partition coefficient (Wildman–Crippen LogP) is -0.752. The van der Waals surface area contributed by atoms with Gasteiger partial charge in [0.2, 0.25) is 5.69 Å². The Kier molecular flexibility index (Phi) is 4.93. The third kappa shape index (κ3) is 3.19. The van der Waals surface area contributed by atoms with Crippen LogP contribution in [0.25, 0.3) is 11.3 Å². The van der Waals surface area contributed by atoms with Crippen LogP contribution in [0.2, 0.25) is 0 Å². The van der Waals surface area contributed by atoms with E-state index in [-0.39, 0.29) is 24.0 Å². The maximum Gasteiger partial charge on any atom is 0.212 e. The first kappa shape index (κ1) is 14.0. The van der Waals surface area contributed by atoms with Crippen LogP contribution in [-0.4, -0.2) is 14.1 Å². The highest BCUT2D eigenvalue weighted by Crippen LogP contribution is 2.19. The first-order chi connectivity index (χ1) is 7.68. The number of hydrogen-bond donors (Lipinski definition) is 0. The molecule has 1 heterocycles. The molecule has 0 saturated heterocycles. The van der Waals surface area contributed by atoms with Crippen molar-refractivity contribution in [2.45, 2.75) is 0 Å². The minimum Gasteiger partial charge on any atom is -1.00 e. The van der Waals surface area contributed by atoms with Crippen LogP contribution in [0.15, 0.2) is 48.7 Å². The monoisotopic (exact) mass is 340 g/mol. The second kappa shape index (κ2) is 6.00. The molecule has 1 aromatic heterocycles. The highest BCUT2D eigenvalue weighted by Gasteiger charge is 2.07. The largest absolute Gasteiger partial charge is 1.00 e. The third-order valence-corrected chi connectivity index (χ3v) is 2.73. The van der Waals surface area contributed by atoms with Crippen molar-refractivity contribution in [2.24, 2.45) is 7.05 Å². The molecule has 0 spiro atoms. The van der Waals surface area contributed by atoms with Crippen molar-refractivity contribution in [3.63, 3.8) is 0 Å². The average molecular weight is 340 g/mol. The maximum absolute atomic E-state index is 2.16. The van der Waals surface area contributed by atoms with Crippen LogP contribution in [0.4, 0.5) is 5.69 Å². The zero-order valence-electron chi connectivity index (χ0n) is 10.4. The number of hydrogen-bond acceptors (Lipinski definition) is 1. The van der Waals surface area contributed by atoms with Gasteiger partial charge in [-0.05, 0) is 30.3 Å². The lowest BCUT2D eigenvalue weighted by atomic mass is 10.1. The maximum atomic E-state index is 2.16. The number of nitrogens with zero attached hydrogens (tertiary/aromatic N) is 2. The van der Waals surface area contributed by atoms with Crippen LogP contribution in [0.1, 0.15) is 0 Å². The Balaban J connectivity index is 0.00000144. The van der Waals surface area contributed by atoms with E-state index in [1.54, 1.807) is 0 Å². The molecule has 0 atom stereocenters. The van der Waals surface area contributed by atoms with Gasteiger partial charge in [-0.15, -0.1) is 0 Å². The van der Waals surface area contributed by atoms with Crippen molar-refractivity contribution in [3.8, 4) is 11.3 Å². The molecule has 0 N–H and O–H groups in total. The van der Waals surface area contributed by atoms with E-state index in [1.165, 1.54) is 16.9 Å². The number of aryl methyl sites for hydroxylation is 1. The van der Waals surface area contributed by atoms with Crippen molar-refractivity contribution >= 4 is 5.69 Å². The molecule has 0 amide bonds. The number of rotatable bonds is 2. The van der Waals surface area contributed by atoms with Crippen LogP contribution in [0.5, 0.6) is 0 Å². The minimum absolute atomic E-state index is 0. The van der Waals surface area contributed by atoms with E-state index in [9.17, 15) is 0 Å². The Labute approximate surface area is 120 Å². The first-order valence-electron chi connectivity index (χ1n) is 5.41. The molecule has 2 nitrogen and oxygen atoms in total. The molecule has 0 saturated carbocycles. The second-order valence-corrected chi connectivity index (χ2v) is 4.14. The summed E-state index contributed by atoms with van der Waals surface area (Å²) in [5.41, 5.74) is 3.70. The lowest BCUT2D eigenvalue weighted by molar-refractivity contribution is -0.660. The van der Waals surface area contributed by atoms with Gasteiger partial charge in [-0.2, -0.15) is 0 Å². The van der Waals surface area contributed by atoms with Gasteiger partial charge in [0.25, 0.3) is 0 Å². The normalized spacial score (nSPS) is 9.59. The zero-order chi connectivity index (χ0) is 11.5. The Morgan fingerprint density at radius 1 is 0.941 bits per heavy atom. The van der Waals surface area contributed by atoms with E-state index in [1.807, 2.05) is 6.07 Å². The molecule has 0 aliphatic carbocycles. The predicted molar refractivity (Wildman–Crippen MR) is 67.4 cm³/mol. The van der Waals surface area contributed by atoms with Crippen molar-refractivity contribution in [2.75, 3.05) is 19.0 Å². The Morgan fingerprint density at radius 2 is 1.59 bits per heavy atom. The highest BCUT2D eigenvalue weighted by atomic mass is 127. The van der Waals surface area contributed by atoms with E-state index in [4.69, 9.17) is 0 Å². The summed E-state index contributed by atoms with van der Waals surface area (Å²) in [6.45, 7) is 0. The van der Waals surface area contributed by atoms with E-state index in [0.717, 1.165) is 0 Å². The number of anilines is 1. The highest BCUT2D eigenvalue weighted by molar-refractivity contribution is 5.60. The van der Waals surface area contributed by atoms with Gasteiger partial charge in [0, 0.05) is 37.5 Å². The topological polar surface area (TPSA) is 7.12 Å². The van der Waals surface area contributed by atoms with E-state index in [2.05, 4.69) is 73.2 Å². The molecule has 2 rings (SSSR count). The molecule has 0 radical (unpaired) electrons. The molecule has 1 aromatic carbocycles. The lowest BCUT2D eigenvalue weighted by Crippen LogP contribution is -3.00. The average Bonchev–Trinajstić information content (AvgIpc) is 2.30. The van der Waals surface area contributed by atoms with Crippen LogP contribution >= 0.6 is 0 Å². The van der Waals surface area contributed by atoms with Gasteiger partial charge in [0.1, 0.15) is 7.05 Å². The van der Waals surface area contributed by atoms with Gasteiger partial charge in [-0.25, -0.2) is 4.57 Å². The molecule has 17 heavy (non-hydrogen) atoms. The standard InChI is InChI=1S/C14H17N2.HI/c1-15(2)13-9-7-12(8-10-13)14-6-4-5-11-16(14)3;/h4-11H,1-3H3;1H/q+1;/p-1. The summed E-state index contributed by atoms with van der Waals surface area (Å²) in [4.78, 5) is 2.11. The third-order valence-electron chi connectivity index (χ3n) is 2.73. The van der Waals surface area contributed by atoms with Gasteiger partial charge in [0.15, 0.2) is 6.20 Å². The first-order valence-corrected chi connectivity index (χ1v) is 5.41. The summed E-state index contributed by atoms with van der Waals surface area (Å²) in [6, 6.07) is 14.8. The van der Waals surface area contributed by atoms with Gasteiger partial charge in [0.05, 0.1) is 0 Å². The van der Waals surface area contributed by atoms with E-state index in [0.29, 0.717) is 0 Å². The minimum atomic E-state index is 0. The summed E-state index contributed by atoms with van der Waals surface area (Å²) in [6.07, 6.45) is 2.06. The Bertz CT molecular complexity index is 478. The van der Waals surface area contributed by atoms with Gasteiger partial charge in [-0.1, -0.05) is 0 Å². The Hall–Kier alpha value is -1.10. The molecule has 0 bridgehead atoms. The van der Waals surface area contributed by atoms with Crippen molar-refractivity contribution in [3.05, 3.63) is 48.7 Å². The molecule has 90 valence electrons. The second-order valence-electron chi connectivity index (χ2n) is 4.14. The molecule has 0 aliphatic rings. The quantitative estimate of drug-likeness (QED) is 0.516. The van der Waals surface area contributed by atoms with Gasteiger partial charge >= 0.3 is 0 Å². The van der Waals surface area contributed by atoms with E-state index >= 15 is 0 Å². The van der Waals surface area contributed by atoms with Gasteiger partial charge < -0.3 is 28.9 Å². The SMILES string of the molecule is CN(C)c1ccc(-c2cccc[n+]2C)cc1.[I-]. The summed E-state index contributed by atoms with van der Waals surface area (Å²) in [7, 11) is 6.17. The van der Waals surface area contributed by atoms with Crippen molar-refractivity contribution in [1.82, 2.24) is 0 Å². The molecule has 0 fully saturated rings. The summed E-state index contributed by atoms with van der Waals surface area (Å²) in [5, 5.41) is 0. The smallest absolute Gasteiger partial charge is 0.212 e. The fraction of sp³-hybridized carbons (Fsp3) is 0.214. The number of pyridine rings is 1. The van der Waals surface area contributed by atoms with Crippen LogP contribution in [-0.2, 0) is 7.05 Å². The molecule has 0 unspecified atom stereocenters. The number of benzene rings is 1. The summed E-state index contributed by atoms with van der Waals surface area (Å²) >= 11 is 0.